The van der Waals surface area contributed by atoms with Gasteiger partial charge in [0, 0.05) is 11.3 Å². The van der Waals surface area contributed by atoms with E-state index in [2.05, 4.69) is 10.2 Å². The molecule has 0 spiro atoms. The Morgan fingerprint density at radius 1 is 1.31 bits per heavy atom. The van der Waals surface area contributed by atoms with E-state index in [1.165, 1.54) is 0 Å². The van der Waals surface area contributed by atoms with E-state index in [1.807, 2.05) is 25.1 Å². The molecule has 1 aromatic carbocycles. The number of aliphatic hydroxyl groups excluding tert-OH is 1. The standard InChI is InChI=1S/C11H13N3O2/c1-2-16-11-4-3-10(5-9(11)6-15)14-7-12-13-8-14/h3-5,7-8,15H,2,6H2,1H3. The molecule has 16 heavy (non-hydrogen) atoms. The maximum atomic E-state index is 9.25. The van der Waals surface area contributed by atoms with Gasteiger partial charge in [-0.3, -0.25) is 4.57 Å². The van der Waals surface area contributed by atoms with Gasteiger partial charge in [-0.15, -0.1) is 10.2 Å². The highest BCUT2D eigenvalue weighted by Crippen LogP contribution is 2.22. The van der Waals surface area contributed by atoms with Crippen LogP contribution in [0.1, 0.15) is 12.5 Å². The van der Waals surface area contributed by atoms with E-state index in [-0.39, 0.29) is 6.61 Å². The monoisotopic (exact) mass is 219 g/mol. The minimum atomic E-state index is -0.0503. The first-order chi connectivity index (χ1) is 7.85. The van der Waals surface area contributed by atoms with E-state index < -0.39 is 0 Å². The van der Waals surface area contributed by atoms with Gasteiger partial charge in [0.1, 0.15) is 18.4 Å². The fourth-order valence-electron chi connectivity index (χ4n) is 1.48. The lowest BCUT2D eigenvalue weighted by Gasteiger charge is -2.10. The Hall–Kier alpha value is -1.88. The quantitative estimate of drug-likeness (QED) is 0.838. The molecular weight excluding hydrogens is 206 g/mol. The number of nitrogens with zero attached hydrogens (tertiary/aromatic N) is 3. The molecular formula is C11H13N3O2. The van der Waals surface area contributed by atoms with E-state index in [0.29, 0.717) is 12.4 Å². The van der Waals surface area contributed by atoms with Crippen LogP contribution in [0.3, 0.4) is 0 Å². The van der Waals surface area contributed by atoms with Crippen molar-refractivity contribution in [1.29, 1.82) is 0 Å². The SMILES string of the molecule is CCOc1ccc(-n2cnnc2)cc1CO. The molecule has 1 N–H and O–H groups in total. The Labute approximate surface area is 93.3 Å². The Morgan fingerprint density at radius 2 is 2.06 bits per heavy atom. The van der Waals surface area contributed by atoms with Crippen LogP contribution in [-0.2, 0) is 6.61 Å². The molecule has 0 saturated heterocycles. The third-order valence-electron chi connectivity index (χ3n) is 2.23. The number of ether oxygens (including phenoxy) is 1. The third kappa shape index (κ3) is 2.04. The minimum Gasteiger partial charge on any atom is -0.494 e. The van der Waals surface area contributed by atoms with Gasteiger partial charge in [0.15, 0.2) is 0 Å². The van der Waals surface area contributed by atoms with E-state index in [0.717, 1.165) is 11.3 Å². The van der Waals surface area contributed by atoms with Crippen LogP contribution in [0.5, 0.6) is 5.75 Å². The van der Waals surface area contributed by atoms with Gasteiger partial charge in [-0.05, 0) is 25.1 Å². The van der Waals surface area contributed by atoms with Crippen LogP contribution in [0.25, 0.3) is 5.69 Å². The second kappa shape index (κ2) is 4.76. The summed E-state index contributed by atoms with van der Waals surface area (Å²) < 4.78 is 7.17. The lowest BCUT2D eigenvalue weighted by Crippen LogP contribution is -1.99. The fourth-order valence-corrected chi connectivity index (χ4v) is 1.48. The average molecular weight is 219 g/mol. The zero-order valence-electron chi connectivity index (χ0n) is 9.00. The average Bonchev–Trinajstić information content (AvgIpc) is 2.83. The molecule has 5 heteroatoms. The highest BCUT2D eigenvalue weighted by molar-refractivity contribution is 5.43. The Morgan fingerprint density at radius 3 is 2.69 bits per heavy atom. The van der Waals surface area contributed by atoms with Gasteiger partial charge in [-0.25, -0.2) is 0 Å². The van der Waals surface area contributed by atoms with Gasteiger partial charge in [-0.2, -0.15) is 0 Å². The molecule has 1 aromatic heterocycles. The van der Waals surface area contributed by atoms with Crippen LogP contribution in [0, 0.1) is 0 Å². The molecule has 0 amide bonds. The molecule has 1 heterocycles. The van der Waals surface area contributed by atoms with Gasteiger partial charge in [0.05, 0.1) is 13.2 Å². The zero-order valence-corrected chi connectivity index (χ0v) is 9.00. The van der Waals surface area contributed by atoms with Crippen LogP contribution in [0.2, 0.25) is 0 Å². The highest BCUT2D eigenvalue weighted by Gasteiger charge is 2.05. The molecule has 0 fully saturated rings. The molecule has 84 valence electrons. The summed E-state index contributed by atoms with van der Waals surface area (Å²) in [5.74, 6) is 0.710. The van der Waals surface area contributed by atoms with Crippen LogP contribution in [0.4, 0.5) is 0 Å². The van der Waals surface area contributed by atoms with Gasteiger partial charge >= 0.3 is 0 Å². The molecule has 0 saturated carbocycles. The lowest BCUT2D eigenvalue weighted by atomic mass is 10.2. The molecule has 0 bridgehead atoms. The molecule has 0 radical (unpaired) electrons. The number of hydrogen-bond acceptors (Lipinski definition) is 4. The van der Waals surface area contributed by atoms with E-state index >= 15 is 0 Å². The van der Waals surface area contributed by atoms with Gasteiger partial charge < -0.3 is 9.84 Å². The molecule has 0 atom stereocenters. The Bertz CT molecular complexity index is 454. The van der Waals surface area contributed by atoms with Crippen molar-refractivity contribution in [3.63, 3.8) is 0 Å². The molecule has 2 rings (SSSR count). The smallest absolute Gasteiger partial charge is 0.124 e. The van der Waals surface area contributed by atoms with Crippen LogP contribution < -0.4 is 4.74 Å². The van der Waals surface area contributed by atoms with Crippen molar-refractivity contribution in [2.75, 3.05) is 6.61 Å². The first-order valence-electron chi connectivity index (χ1n) is 5.06. The molecule has 0 aliphatic carbocycles. The number of aliphatic hydroxyl groups is 1. The predicted octanol–water partition coefficient (Wildman–Crippen LogP) is 1.16. The Balaban J connectivity index is 2.36. The normalized spacial score (nSPS) is 10.4. The Kier molecular flexibility index (Phi) is 3.16. The summed E-state index contributed by atoms with van der Waals surface area (Å²) in [6.45, 7) is 2.44. The summed E-state index contributed by atoms with van der Waals surface area (Å²) in [4.78, 5) is 0. The van der Waals surface area contributed by atoms with Crippen molar-refractivity contribution in [3.05, 3.63) is 36.4 Å². The van der Waals surface area contributed by atoms with Crippen LogP contribution in [-0.4, -0.2) is 26.5 Å². The second-order valence-corrected chi connectivity index (χ2v) is 3.25. The highest BCUT2D eigenvalue weighted by atomic mass is 16.5. The van der Waals surface area contributed by atoms with Crippen molar-refractivity contribution in [3.8, 4) is 11.4 Å². The summed E-state index contributed by atoms with van der Waals surface area (Å²) in [5, 5.41) is 16.7. The number of rotatable bonds is 4. The lowest BCUT2D eigenvalue weighted by molar-refractivity contribution is 0.267. The van der Waals surface area contributed by atoms with Crippen LogP contribution >= 0.6 is 0 Å². The number of hydrogen-bond donors (Lipinski definition) is 1. The van der Waals surface area contributed by atoms with Gasteiger partial charge in [0.2, 0.25) is 0 Å². The van der Waals surface area contributed by atoms with Crippen molar-refractivity contribution in [2.24, 2.45) is 0 Å². The van der Waals surface area contributed by atoms with Crippen molar-refractivity contribution >= 4 is 0 Å². The maximum absolute atomic E-state index is 9.25. The molecule has 0 unspecified atom stereocenters. The first kappa shape index (κ1) is 10.6. The molecule has 5 nitrogen and oxygen atoms in total. The molecule has 0 aliphatic rings. The fraction of sp³-hybridized carbons (Fsp3) is 0.273. The second-order valence-electron chi connectivity index (χ2n) is 3.25. The van der Waals surface area contributed by atoms with Crippen LogP contribution in [0.15, 0.2) is 30.9 Å². The summed E-state index contributed by atoms with van der Waals surface area (Å²) >= 11 is 0. The van der Waals surface area contributed by atoms with Crippen molar-refractivity contribution in [2.45, 2.75) is 13.5 Å². The number of aromatic nitrogens is 3. The van der Waals surface area contributed by atoms with E-state index in [4.69, 9.17) is 4.74 Å². The van der Waals surface area contributed by atoms with E-state index in [9.17, 15) is 5.11 Å². The zero-order chi connectivity index (χ0) is 11.4. The number of benzene rings is 1. The first-order valence-corrected chi connectivity index (χ1v) is 5.06. The van der Waals surface area contributed by atoms with Crippen molar-refractivity contribution < 1.29 is 9.84 Å². The molecule has 0 aliphatic heterocycles. The summed E-state index contributed by atoms with van der Waals surface area (Å²) in [5.41, 5.74) is 1.66. The summed E-state index contributed by atoms with van der Waals surface area (Å²) in [7, 11) is 0. The van der Waals surface area contributed by atoms with Crippen molar-refractivity contribution in [1.82, 2.24) is 14.8 Å². The largest absolute Gasteiger partial charge is 0.494 e. The van der Waals surface area contributed by atoms with Gasteiger partial charge in [0.25, 0.3) is 0 Å². The summed E-state index contributed by atoms with van der Waals surface area (Å²) in [6, 6.07) is 5.59. The third-order valence-corrected chi connectivity index (χ3v) is 2.23. The molecule has 2 aromatic rings. The van der Waals surface area contributed by atoms with Gasteiger partial charge in [-0.1, -0.05) is 0 Å². The topological polar surface area (TPSA) is 60.2 Å². The predicted molar refractivity (Wildman–Crippen MR) is 58.5 cm³/mol. The maximum Gasteiger partial charge on any atom is 0.124 e. The van der Waals surface area contributed by atoms with E-state index in [1.54, 1.807) is 17.2 Å². The minimum absolute atomic E-state index is 0.0503. The summed E-state index contributed by atoms with van der Waals surface area (Å²) in [6.07, 6.45) is 3.22.